The first-order valence-electron chi connectivity index (χ1n) is 12.2. The first-order valence-corrected chi connectivity index (χ1v) is 12.2. The maximum atomic E-state index is 5.96. The molecule has 0 saturated carbocycles. The summed E-state index contributed by atoms with van der Waals surface area (Å²) in [6.45, 7) is 11.2. The minimum atomic E-state index is 0.312. The highest BCUT2D eigenvalue weighted by Gasteiger charge is 2.15. The van der Waals surface area contributed by atoms with E-state index in [1.807, 2.05) is 12.1 Å². The van der Waals surface area contributed by atoms with E-state index in [-0.39, 0.29) is 0 Å². The van der Waals surface area contributed by atoms with Crippen molar-refractivity contribution in [1.29, 1.82) is 0 Å². The summed E-state index contributed by atoms with van der Waals surface area (Å²) >= 11 is 0. The molecule has 0 bridgehead atoms. The van der Waals surface area contributed by atoms with Gasteiger partial charge in [-0.3, -0.25) is 4.99 Å². The van der Waals surface area contributed by atoms with Crippen LogP contribution in [0.25, 0.3) is 11.4 Å². The third kappa shape index (κ3) is 10.8. The summed E-state index contributed by atoms with van der Waals surface area (Å²) in [4.78, 5) is 8.18. The molecule has 1 aromatic carbocycles. The van der Waals surface area contributed by atoms with E-state index in [0.29, 0.717) is 17.6 Å². The molecule has 0 aliphatic carbocycles. The molecule has 6 nitrogen and oxygen atoms in total. The van der Waals surface area contributed by atoms with Crippen LogP contribution in [0.2, 0.25) is 0 Å². The van der Waals surface area contributed by atoms with Crippen LogP contribution >= 0.6 is 0 Å². The molecule has 0 aliphatic heterocycles. The van der Waals surface area contributed by atoms with Crippen LogP contribution in [0.15, 0.2) is 27.7 Å². The number of rotatable bonds is 13. The van der Waals surface area contributed by atoms with Crippen molar-refractivity contribution in [3.63, 3.8) is 0 Å². The molecule has 6 heteroatoms. The van der Waals surface area contributed by atoms with Crippen LogP contribution in [0.5, 0.6) is 5.75 Å². The second-order valence-corrected chi connectivity index (χ2v) is 8.46. The van der Waals surface area contributed by atoms with Crippen molar-refractivity contribution in [1.82, 2.24) is 10.1 Å². The third-order valence-electron chi connectivity index (χ3n) is 5.40. The van der Waals surface area contributed by atoms with Gasteiger partial charge in [0.2, 0.25) is 11.7 Å². The minimum absolute atomic E-state index is 0.312. The van der Waals surface area contributed by atoms with Gasteiger partial charge in [-0.15, -0.1) is 0 Å². The number of unbranched alkanes of at least 4 members (excludes halogenated alkanes) is 6. The van der Waals surface area contributed by atoms with Gasteiger partial charge in [0.05, 0.1) is 12.4 Å². The van der Waals surface area contributed by atoms with Crippen LogP contribution in [0.3, 0.4) is 0 Å². The molecule has 2 rings (SSSR count). The number of benzene rings is 1. The van der Waals surface area contributed by atoms with Gasteiger partial charge >= 0.3 is 0 Å². The van der Waals surface area contributed by atoms with Gasteiger partial charge in [0.1, 0.15) is 5.75 Å². The number of hydrogen-bond acceptors (Lipinski definition) is 5. The van der Waals surface area contributed by atoms with Crippen molar-refractivity contribution >= 4 is 5.84 Å². The summed E-state index contributed by atoms with van der Waals surface area (Å²) in [6, 6.07) is 6.13. The molecule has 0 amide bonds. The first kappa shape index (κ1) is 27.7. The maximum absolute atomic E-state index is 5.96. The quantitative estimate of drug-likeness (QED) is 0.203. The van der Waals surface area contributed by atoms with E-state index in [4.69, 9.17) is 15.0 Å². The van der Waals surface area contributed by atoms with Crippen molar-refractivity contribution in [2.24, 2.45) is 10.7 Å². The Balaban J connectivity index is 0.000000920. The van der Waals surface area contributed by atoms with Crippen molar-refractivity contribution < 1.29 is 9.26 Å². The zero-order valence-electron chi connectivity index (χ0n) is 21.1. The first-order chi connectivity index (χ1) is 15.4. The number of nitrogens with two attached hydrogens (primary N) is 1. The summed E-state index contributed by atoms with van der Waals surface area (Å²) < 4.78 is 11.4. The van der Waals surface area contributed by atoms with E-state index < -0.39 is 0 Å². The lowest BCUT2D eigenvalue weighted by Gasteiger charge is -2.10. The Morgan fingerprint density at radius 3 is 2.38 bits per heavy atom. The molecule has 2 aromatic rings. The topological polar surface area (TPSA) is 86.5 Å². The number of hydrogen-bond donors (Lipinski definition) is 1. The fraction of sp³-hybridized carbons (Fsp3) is 0.654. The maximum Gasteiger partial charge on any atom is 0.229 e. The van der Waals surface area contributed by atoms with E-state index >= 15 is 0 Å². The second kappa shape index (κ2) is 16.3. The molecular weight excluding hydrogens is 400 g/mol. The number of nitrogens with zero attached hydrogens (tertiary/aromatic N) is 3. The fourth-order valence-corrected chi connectivity index (χ4v) is 3.20. The molecule has 0 spiro atoms. The van der Waals surface area contributed by atoms with E-state index in [9.17, 15) is 0 Å². The Hall–Kier alpha value is -2.37. The van der Waals surface area contributed by atoms with E-state index in [1.54, 1.807) is 14.0 Å². The summed E-state index contributed by atoms with van der Waals surface area (Å²) in [5.41, 5.74) is 7.14. The molecule has 1 aromatic heterocycles. The van der Waals surface area contributed by atoms with Gasteiger partial charge in [-0.1, -0.05) is 70.9 Å². The Labute approximate surface area is 195 Å². The molecule has 0 radical (unpaired) electrons. The molecule has 0 saturated heterocycles. The SMILES string of the molecule is CCCCCCCCOc1ccc(-c2noc([C@@H](C)CCCC)n2)cc1C.CN=C(C)N. The van der Waals surface area contributed by atoms with Crippen LogP contribution in [0.4, 0.5) is 0 Å². The zero-order valence-corrected chi connectivity index (χ0v) is 21.1. The van der Waals surface area contributed by atoms with Gasteiger partial charge in [0.15, 0.2) is 0 Å². The molecule has 1 atom stereocenters. The summed E-state index contributed by atoms with van der Waals surface area (Å²) in [6.07, 6.45) is 11.1. The average Bonchev–Trinajstić information content (AvgIpc) is 3.28. The van der Waals surface area contributed by atoms with Gasteiger partial charge in [-0.2, -0.15) is 4.98 Å². The average molecular weight is 445 g/mol. The molecule has 180 valence electrons. The smallest absolute Gasteiger partial charge is 0.229 e. The molecule has 2 N–H and O–H groups in total. The number of ether oxygens (including phenoxy) is 1. The minimum Gasteiger partial charge on any atom is -0.493 e. The van der Waals surface area contributed by atoms with Crippen LogP contribution in [0, 0.1) is 6.92 Å². The number of aryl methyl sites for hydroxylation is 1. The Kier molecular flexibility index (Phi) is 14.1. The number of aliphatic imine (C=N–C) groups is 1. The lowest BCUT2D eigenvalue weighted by atomic mass is 10.0. The predicted octanol–water partition coefficient (Wildman–Crippen LogP) is 7.07. The van der Waals surface area contributed by atoms with Gasteiger partial charge in [-0.05, 0) is 50.5 Å². The second-order valence-electron chi connectivity index (χ2n) is 8.46. The van der Waals surface area contributed by atoms with Crippen molar-refractivity contribution in [2.45, 2.75) is 98.3 Å². The van der Waals surface area contributed by atoms with Gasteiger partial charge in [0, 0.05) is 18.5 Å². The number of amidine groups is 1. The van der Waals surface area contributed by atoms with Crippen LogP contribution in [0.1, 0.15) is 103 Å². The normalized spacial score (nSPS) is 12.2. The standard InChI is InChI=1S/C23H36N2O2.C3H8N2/c1-5-7-9-10-11-12-16-26-21-15-14-20(17-19(21)4)22-24-23(27-25-22)18(3)13-8-6-2;1-3(4)5-2/h14-15,17-18H,5-13,16H2,1-4H3;1-2H3,(H2,4,5)/t18-;/m0./s1. The van der Waals surface area contributed by atoms with E-state index in [2.05, 4.69) is 48.9 Å². The van der Waals surface area contributed by atoms with Gasteiger partial charge in [-0.25, -0.2) is 0 Å². The molecule has 32 heavy (non-hydrogen) atoms. The lowest BCUT2D eigenvalue weighted by Crippen LogP contribution is -2.03. The zero-order chi connectivity index (χ0) is 23.8. The molecule has 1 heterocycles. The Morgan fingerprint density at radius 2 is 1.75 bits per heavy atom. The Morgan fingerprint density at radius 1 is 1.09 bits per heavy atom. The van der Waals surface area contributed by atoms with Gasteiger partial charge < -0.3 is 15.0 Å². The highest BCUT2D eigenvalue weighted by atomic mass is 16.5. The van der Waals surface area contributed by atoms with Crippen LogP contribution in [-0.4, -0.2) is 29.6 Å². The highest BCUT2D eigenvalue weighted by molar-refractivity contribution is 5.77. The largest absolute Gasteiger partial charge is 0.493 e. The summed E-state index contributed by atoms with van der Waals surface area (Å²) in [5, 5.41) is 4.17. The van der Waals surface area contributed by atoms with Crippen molar-refractivity contribution in [3.8, 4) is 17.1 Å². The van der Waals surface area contributed by atoms with Crippen molar-refractivity contribution in [2.75, 3.05) is 13.7 Å². The Bertz CT molecular complexity index is 782. The number of aromatic nitrogens is 2. The monoisotopic (exact) mass is 444 g/mol. The van der Waals surface area contributed by atoms with E-state index in [1.165, 1.54) is 44.9 Å². The highest BCUT2D eigenvalue weighted by Crippen LogP contribution is 2.27. The summed E-state index contributed by atoms with van der Waals surface area (Å²) in [5.74, 6) is 3.29. The molecule has 0 aliphatic rings. The van der Waals surface area contributed by atoms with Crippen molar-refractivity contribution in [3.05, 3.63) is 29.7 Å². The fourth-order valence-electron chi connectivity index (χ4n) is 3.20. The third-order valence-corrected chi connectivity index (χ3v) is 5.40. The lowest BCUT2D eigenvalue weighted by molar-refractivity contribution is 0.302. The van der Waals surface area contributed by atoms with E-state index in [0.717, 1.165) is 42.2 Å². The van der Waals surface area contributed by atoms with Crippen LogP contribution < -0.4 is 10.5 Å². The van der Waals surface area contributed by atoms with Gasteiger partial charge in [0.25, 0.3) is 0 Å². The molecule has 0 fully saturated rings. The molecule has 0 unspecified atom stereocenters. The summed E-state index contributed by atoms with van der Waals surface area (Å²) in [7, 11) is 1.66. The van der Waals surface area contributed by atoms with Crippen LogP contribution in [-0.2, 0) is 0 Å². The predicted molar refractivity (Wildman–Crippen MR) is 135 cm³/mol. The molecular formula is C26H44N4O2.